The Bertz CT molecular complexity index is 1440. The number of rotatable bonds is 3. The first-order valence-corrected chi connectivity index (χ1v) is 11.4. The van der Waals surface area contributed by atoms with Crippen molar-refractivity contribution in [1.29, 1.82) is 0 Å². The normalized spacial score (nSPS) is 22.1. The van der Waals surface area contributed by atoms with Crippen molar-refractivity contribution in [3.05, 3.63) is 59.7 Å². The Kier molecular flexibility index (Phi) is 4.83. The third-order valence-electron chi connectivity index (χ3n) is 7.01. The molecule has 4 heterocycles. The zero-order valence-electron chi connectivity index (χ0n) is 18.4. The molecule has 6 rings (SSSR count). The number of hydrogen-bond donors (Lipinski definition) is 3. The van der Waals surface area contributed by atoms with Crippen LogP contribution in [-0.2, 0) is 6.18 Å². The van der Waals surface area contributed by atoms with Crippen LogP contribution >= 0.6 is 0 Å². The van der Waals surface area contributed by atoms with Gasteiger partial charge in [-0.25, -0.2) is 9.97 Å². The minimum absolute atomic E-state index is 0.0201. The smallest absolute Gasteiger partial charge is 0.349 e. The average Bonchev–Trinajstić information content (AvgIpc) is 3.53. The summed E-state index contributed by atoms with van der Waals surface area (Å²) in [6, 6.07) is 9.59. The van der Waals surface area contributed by atoms with Gasteiger partial charge in [0.05, 0.1) is 28.5 Å². The SMILES string of the molecule is O=C(NC1C[C@H]2CC[C@H](C1)N2C(=O)c1cccc2[nH]c(C(F)(F)F)nc12)c1cccc2[nH]cnc12. The van der Waals surface area contributed by atoms with Crippen molar-refractivity contribution in [3.63, 3.8) is 0 Å². The molecule has 2 aliphatic rings. The van der Waals surface area contributed by atoms with Crippen molar-refractivity contribution in [2.75, 3.05) is 0 Å². The van der Waals surface area contributed by atoms with Crippen molar-refractivity contribution in [3.8, 4) is 0 Å². The van der Waals surface area contributed by atoms with Crippen molar-refractivity contribution < 1.29 is 22.8 Å². The molecule has 2 saturated heterocycles. The number of imidazole rings is 2. The molecule has 2 aromatic heterocycles. The molecule has 2 fully saturated rings. The molecule has 8 nitrogen and oxygen atoms in total. The highest BCUT2D eigenvalue weighted by Crippen LogP contribution is 2.38. The fourth-order valence-electron chi connectivity index (χ4n) is 5.52. The number of para-hydroxylation sites is 2. The lowest BCUT2D eigenvalue weighted by Gasteiger charge is -2.39. The highest BCUT2D eigenvalue weighted by atomic mass is 19.4. The summed E-state index contributed by atoms with van der Waals surface area (Å²) in [7, 11) is 0. The zero-order chi connectivity index (χ0) is 24.3. The number of benzene rings is 2. The number of aromatic nitrogens is 4. The fraction of sp³-hybridized carbons (Fsp3) is 0.333. The summed E-state index contributed by atoms with van der Waals surface area (Å²) >= 11 is 0. The minimum atomic E-state index is -4.63. The summed E-state index contributed by atoms with van der Waals surface area (Å²) in [4.78, 5) is 41.4. The number of H-pyrrole nitrogens is 2. The van der Waals surface area contributed by atoms with Crippen LogP contribution in [0, 0.1) is 0 Å². The Morgan fingerprint density at radius 3 is 2.37 bits per heavy atom. The molecule has 180 valence electrons. The predicted octanol–water partition coefficient (Wildman–Crippen LogP) is 4.02. The Balaban J connectivity index is 1.22. The number of halogens is 3. The summed E-state index contributed by atoms with van der Waals surface area (Å²) in [6.07, 6.45) is -0.369. The van der Waals surface area contributed by atoms with Crippen LogP contribution in [0.15, 0.2) is 42.7 Å². The summed E-state index contributed by atoms with van der Waals surface area (Å²) < 4.78 is 39.5. The third kappa shape index (κ3) is 3.62. The quantitative estimate of drug-likeness (QED) is 0.410. The molecular weight excluding hydrogens is 461 g/mol. The molecule has 0 unspecified atom stereocenters. The molecule has 11 heteroatoms. The van der Waals surface area contributed by atoms with Gasteiger partial charge >= 0.3 is 6.18 Å². The van der Waals surface area contributed by atoms with Crippen molar-refractivity contribution in [2.24, 2.45) is 0 Å². The van der Waals surface area contributed by atoms with E-state index in [2.05, 4.69) is 25.3 Å². The van der Waals surface area contributed by atoms with E-state index < -0.39 is 12.0 Å². The van der Waals surface area contributed by atoms with Crippen LogP contribution in [0.25, 0.3) is 22.1 Å². The van der Waals surface area contributed by atoms with Gasteiger partial charge in [0, 0.05) is 18.1 Å². The van der Waals surface area contributed by atoms with Crippen LogP contribution in [0.5, 0.6) is 0 Å². The first-order chi connectivity index (χ1) is 16.8. The van der Waals surface area contributed by atoms with Gasteiger partial charge in [0.25, 0.3) is 11.8 Å². The number of amides is 2. The Labute approximate surface area is 196 Å². The predicted molar refractivity (Wildman–Crippen MR) is 121 cm³/mol. The molecule has 2 bridgehead atoms. The second-order valence-electron chi connectivity index (χ2n) is 9.13. The van der Waals surface area contributed by atoms with E-state index in [1.807, 2.05) is 6.07 Å². The molecule has 0 radical (unpaired) electrons. The lowest BCUT2D eigenvalue weighted by molar-refractivity contribution is -0.144. The molecule has 3 N–H and O–H groups in total. The van der Waals surface area contributed by atoms with Gasteiger partial charge in [-0.05, 0) is 49.9 Å². The number of fused-ring (bicyclic) bond motifs is 4. The number of nitrogens with zero attached hydrogens (tertiary/aromatic N) is 3. The van der Waals surface area contributed by atoms with Gasteiger partial charge in [0.15, 0.2) is 0 Å². The first-order valence-electron chi connectivity index (χ1n) is 11.4. The number of hydrogen-bond acceptors (Lipinski definition) is 4. The van der Waals surface area contributed by atoms with E-state index in [0.717, 1.165) is 18.4 Å². The topological polar surface area (TPSA) is 107 Å². The molecular formula is C24H21F3N6O2. The van der Waals surface area contributed by atoms with E-state index in [1.165, 1.54) is 12.1 Å². The summed E-state index contributed by atoms with van der Waals surface area (Å²) in [5.41, 5.74) is 2.21. The third-order valence-corrected chi connectivity index (χ3v) is 7.01. The summed E-state index contributed by atoms with van der Waals surface area (Å²) in [5.74, 6) is -1.66. The van der Waals surface area contributed by atoms with Crippen LogP contribution < -0.4 is 5.32 Å². The average molecular weight is 482 g/mol. The minimum Gasteiger partial charge on any atom is -0.349 e. The largest absolute Gasteiger partial charge is 0.449 e. The monoisotopic (exact) mass is 482 g/mol. The van der Waals surface area contributed by atoms with Gasteiger partial charge < -0.3 is 20.2 Å². The lowest BCUT2D eigenvalue weighted by atomic mass is 9.95. The van der Waals surface area contributed by atoms with Gasteiger partial charge in [-0.3, -0.25) is 9.59 Å². The standard InChI is InChI=1S/C24H21F3N6O2/c25-24(26,27)23-31-18-6-2-4-16(20(18)32-23)22(35)33-13-7-8-14(33)10-12(9-13)30-21(34)15-3-1-5-17-19(15)29-11-28-17/h1-6,11-14H,7-10H2,(H,28,29)(H,30,34)(H,31,32)/t13-,14-/m1/s1. The maximum atomic E-state index is 13.5. The molecule has 2 amide bonds. The number of piperidine rings is 1. The lowest BCUT2D eigenvalue weighted by Crippen LogP contribution is -2.52. The van der Waals surface area contributed by atoms with Crippen LogP contribution in [0.3, 0.4) is 0 Å². The fourth-order valence-corrected chi connectivity index (χ4v) is 5.52. The number of carbonyl (C=O) groups is 2. The van der Waals surface area contributed by atoms with Gasteiger partial charge in [0.1, 0.15) is 11.0 Å². The Hall–Kier alpha value is -3.89. The molecule has 0 saturated carbocycles. The summed E-state index contributed by atoms with van der Waals surface area (Å²) in [5, 5.41) is 3.09. The van der Waals surface area contributed by atoms with E-state index in [1.54, 1.807) is 29.4 Å². The van der Waals surface area contributed by atoms with Crippen LogP contribution in [0.2, 0.25) is 0 Å². The summed E-state index contributed by atoms with van der Waals surface area (Å²) in [6.45, 7) is 0. The van der Waals surface area contributed by atoms with Crippen molar-refractivity contribution >= 4 is 33.9 Å². The van der Waals surface area contributed by atoms with Gasteiger partial charge in [-0.15, -0.1) is 0 Å². The second kappa shape index (κ2) is 7.82. The Morgan fingerprint density at radius 2 is 1.66 bits per heavy atom. The molecule has 2 aliphatic heterocycles. The molecule has 0 spiro atoms. The van der Waals surface area contributed by atoms with E-state index in [0.29, 0.717) is 23.9 Å². The zero-order valence-corrected chi connectivity index (χ0v) is 18.4. The van der Waals surface area contributed by atoms with Gasteiger partial charge in [-0.2, -0.15) is 13.2 Å². The maximum absolute atomic E-state index is 13.5. The second-order valence-corrected chi connectivity index (χ2v) is 9.13. The number of alkyl halides is 3. The molecule has 0 aliphatic carbocycles. The number of aromatic amines is 2. The van der Waals surface area contributed by atoms with E-state index in [4.69, 9.17) is 0 Å². The van der Waals surface area contributed by atoms with Gasteiger partial charge in [0.2, 0.25) is 5.82 Å². The molecule has 35 heavy (non-hydrogen) atoms. The van der Waals surface area contributed by atoms with Crippen LogP contribution in [0.1, 0.15) is 52.2 Å². The van der Waals surface area contributed by atoms with E-state index in [9.17, 15) is 22.8 Å². The first kappa shape index (κ1) is 21.6. The van der Waals surface area contributed by atoms with E-state index >= 15 is 0 Å². The highest BCUT2D eigenvalue weighted by Gasteiger charge is 2.44. The maximum Gasteiger partial charge on any atom is 0.449 e. The van der Waals surface area contributed by atoms with Crippen LogP contribution in [-0.4, -0.2) is 54.8 Å². The number of carbonyl (C=O) groups excluding carboxylic acids is 2. The molecule has 4 aromatic rings. The van der Waals surface area contributed by atoms with E-state index in [-0.39, 0.29) is 46.5 Å². The van der Waals surface area contributed by atoms with Crippen molar-refractivity contribution in [2.45, 2.75) is 50.0 Å². The molecule has 2 aromatic carbocycles. The number of nitrogens with one attached hydrogen (secondary N) is 3. The molecule has 2 atom stereocenters. The Morgan fingerprint density at radius 1 is 0.971 bits per heavy atom. The highest BCUT2D eigenvalue weighted by molar-refractivity contribution is 6.06. The van der Waals surface area contributed by atoms with Gasteiger partial charge in [-0.1, -0.05) is 12.1 Å². The van der Waals surface area contributed by atoms with Crippen LogP contribution in [0.4, 0.5) is 13.2 Å². The van der Waals surface area contributed by atoms with Crippen molar-refractivity contribution in [1.82, 2.24) is 30.2 Å².